The molecule has 0 fully saturated rings. The van der Waals surface area contributed by atoms with Gasteiger partial charge in [-0.05, 0) is 29.4 Å². The van der Waals surface area contributed by atoms with Crippen LogP contribution in [0, 0.1) is 11.8 Å². The molecule has 2 aliphatic rings. The second kappa shape index (κ2) is 10.5. The van der Waals surface area contributed by atoms with Crippen molar-refractivity contribution in [3.63, 3.8) is 0 Å². The molecule has 4 heteroatoms. The largest absolute Gasteiger partial charge is 1.00 e. The van der Waals surface area contributed by atoms with Crippen molar-refractivity contribution in [3.05, 3.63) is 35.4 Å². The molecule has 2 heterocycles. The van der Waals surface area contributed by atoms with Crippen LogP contribution in [0.3, 0.4) is 0 Å². The molecule has 146 valence electrons. The van der Waals surface area contributed by atoms with Gasteiger partial charge in [0.05, 0.1) is 19.6 Å². The summed E-state index contributed by atoms with van der Waals surface area (Å²) in [5.74, 6) is 2.92. The third-order valence-corrected chi connectivity index (χ3v) is 5.82. The Morgan fingerprint density at radius 3 is 2.77 bits per heavy atom. The maximum absolute atomic E-state index is 3.71. The van der Waals surface area contributed by atoms with E-state index >= 15 is 0 Å². The summed E-state index contributed by atoms with van der Waals surface area (Å²) >= 11 is 0. The van der Waals surface area contributed by atoms with Crippen molar-refractivity contribution in [1.29, 1.82) is 0 Å². The monoisotopic (exact) mass is 469 g/mol. The van der Waals surface area contributed by atoms with Crippen LogP contribution < -0.4 is 34.6 Å². The molecule has 2 N–H and O–H groups in total. The highest BCUT2D eigenvalue weighted by atomic mass is 127. The molecule has 0 saturated heterocycles. The molecule has 0 bridgehead atoms. The van der Waals surface area contributed by atoms with Gasteiger partial charge in [-0.1, -0.05) is 64.3 Å². The molecule has 3 nitrogen and oxygen atoms in total. The van der Waals surface area contributed by atoms with E-state index in [1.807, 2.05) is 0 Å². The van der Waals surface area contributed by atoms with E-state index in [9.17, 15) is 0 Å². The lowest BCUT2D eigenvalue weighted by Crippen LogP contribution is -3.00. The van der Waals surface area contributed by atoms with Crippen molar-refractivity contribution < 1.29 is 28.6 Å². The van der Waals surface area contributed by atoms with Crippen LogP contribution in [0.2, 0.25) is 0 Å². The number of guanidine groups is 1. The first kappa shape index (κ1) is 21.5. The number of hydrogen-bond acceptors (Lipinski definition) is 2. The van der Waals surface area contributed by atoms with Crippen LogP contribution in [-0.4, -0.2) is 30.2 Å². The van der Waals surface area contributed by atoms with E-state index in [2.05, 4.69) is 60.2 Å². The lowest BCUT2D eigenvalue weighted by molar-refractivity contribution is -0.584. The molecule has 1 aromatic carbocycles. The number of benzene rings is 1. The average molecular weight is 469 g/mol. The SMILES string of the molecule is CC(C)CCCC(C)CCNC1=[N+]2CCc3ccccc3C2CCN1.[I-]. The minimum Gasteiger partial charge on any atom is -1.00 e. The van der Waals surface area contributed by atoms with Gasteiger partial charge in [-0.2, -0.15) is 0 Å². The summed E-state index contributed by atoms with van der Waals surface area (Å²) < 4.78 is 2.56. The standard InChI is InChI=1S/C22H35N3.HI/c1-17(2)7-6-8-18(3)11-14-23-22-24-15-12-21-20-10-5-4-9-19(20)13-16-25(21)22;/h4-5,9-10,17-18,21H,6-8,11-16H2,1-3H3,(H,23,24);1H. The van der Waals surface area contributed by atoms with Crippen molar-refractivity contribution in [2.75, 3.05) is 19.6 Å². The van der Waals surface area contributed by atoms with Crippen molar-refractivity contribution in [3.8, 4) is 0 Å². The molecule has 0 amide bonds. The summed E-state index contributed by atoms with van der Waals surface area (Å²) in [7, 11) is 0. The number of hydrogen-bond donors (Lipinski definition) is 2. The van der Waals surface area contributed by atoms with Crippen molar-refractivity contribution in [2.45, 2.75) is 65.3 Å². The highest BCUT2D eigenvalue weighted by molar-refractivity contribution is 5.75. The van der Waals surface area contributed by atoms with Gasteiger partial charge in [-0.15, -0.1) is 0 Å². The number of rotatable bonds is 7. The van der Waals surface area contributed by atoms with Gasteiger partial charge in [0, 0.05) is 12.8 Å². The molecule has 0 spiro atoms. The third-order valence-electron chi connectivity index (χ3n) is 5.82. The molecular weight excluding hydrogens is 433 g/mol. The van der Waals surface area contributed by atoms with E-state index in [1.54, 1.807) is 5.56 Å². The summed E-state index contributed by atoms with van der Waals surface area (Å²) in [5, 5.41) is 7.33. The normalized spacial score (nSPS) is 19.9. The topological polar surface area (TPSA) is 27.1 Å². The second-order valence-electron chi connectivity index (χ2n) is 8.37. The molecule has 0 aromatic heterocycles. The van der Waals surface area contributed by atoms with E-state index in [1.165, 1.54) is 43.6 Å². The van der Waals surface area contributed by atoms with Crippen molar-refractivity contribution in [2.24, 2.45) is 11.8 Å². The van der Waals surface area contributed by atoms with Gasteiger partial charge in [0.2, 0.25) is 0 Å². The zero-order valence-corrected chi connectivity index (χ0v) is 18.9. The minimum atomic E-state index is 0. The van der Waals surface area contributed by atoms with Crippen LogP contribution in [0.15, 0.2) is 24.3 Å². The summed E-state index contributed by atoms with van der Waals surface area (Å²) in [6.07, 6.45) is 7.73. The van der Waals surface area contributed by atoms with Crippen molar-refractivity contribution >= 4 is 5.96 Å². The van der Waals surface area contributed by atoms with Gasteiger partial charge in [-0.25, -0.2) is 0 Å². The highest BCUT2D eigenvalue weighted by Gasteiger charge is 2.32. The molecule has 2 unspecified atom stereocenters. The predicted molar refractivity (Wildman–Crippen MR) is 106 cm³/mol. The van der Waals surface area contributed by atoms with E-state index in [0.717, 1.165) is 37.9 Å². The molecule has 0 radical (unpaired) electrons. The number of halogens is 1. The predicted octanol–water partition coefficient (Wildman–Crippen LogP) is 1.09. The Morgan fingerprint density at radius 1 is 1.15 bits per heavy atom. The van der Waals surface area contributed by atoms with E-state index in [-0.39, 0.29) is 24.0 Å². The Kier molecular flexibility index (Phi) is 8.71. The lowest BCUT2D eigenvalue weighted by Gasteiger charge is -2.32. The van der Waals surface area contributed by atoms with Gasteiger partial charge in [0.25, 0.3) is 0 Å². The Bertz CT molecular complexity index is 597. The van der Waals surface area contributed by atoms with Gasteiger partial charge >= 0.3 is 5.96 Å². The minimum absolute atomic E-state index is 0. The molecule has 0 aliphatic carbocycles. The first-order valence-corrected chi connectivity index (χ1v) is 10.3. The van der Waals surface area contributed by atoms with Crippen LogP contribution in [0.25, 0.3) is 0 Å². The zero-order valence-electron chi connectivity index (χ0n) is 16.7. The lowest BCUT2D eigenvalue weighted by atomic mass is 9.91. The van der Waals surface area contributed by atoms with Crippen LogP contribution in [0.4, 0.5) is 0 Å². The van der Waals surface area contributed by atoms with E-state index in [4.69, 9.17) is 0 Å². The van der Waals surface area contributed by atoms with E-state index in [0.29, 0.717) is 6.04 Å². The Morgan fingerprint density at radius 2 is 1.96 bits per heavy atom. The van der Waals surface area contributed by atoms with Gasteiger partial charge < -0.3 is 24.0 Å². The summed E-state index contributed by atoms with van der Waals surface area (Å²) in [5.41, 5.74) is 3.08. The fourth-order valence-corrected chi connectivity index (χ4v) is 4.28. The quantitative estimate of drug-likeness (QED) is 0.462. The number of nitrogens with one attached hydrogen (secondary N) is 2. The Labute approximate surface area is 177 Å². The molecular formula is C22H36IN3. The highest BCUT2D eigenvalue weighted by Crippen LogP contribution is 2.30. The molecule has 26 heavy (non-hydrogen) atoms. The smallest absolute Gasteiger partial charge is 0.346 e. The Hall–Kier alpha value is -0.780. The first-order chi connectivity index (χ1) is 12.1. The Balaban J connectivity index is 0.00000243. The van der Waals surface area contributed by atoms with Crippen LogP contribution in [0.5, 0.6) is 0 Å². The number of fused-ring (bicyclic) bond motifs is 3. The molecule has 3 rings (SSSR count). The zero-order chi connectivity index (χ0) is 17.6. The van der Waals surface area contributed by atoms with Gasteiger partial charge in [-0.3, -0.25) is 15.2 Å². The molecule has 2 aliphatic heterocycles. The maximum Gasteiger partial charge on any atom is 0.346 e. The van der Waals surface area contributed by atoms with Gasteiger partial charge in [0.15, 0.2) is 0 Å². The van der Waals surface area contributed by atoms with Crippen LogP contribution >= 0.6 is 0 Å². The molecule has 0 saturated carbocycles. The van der Waals surface area contributed by atoms with Crippen molar-refractivity contribution in [1.82, 2.24) is 10.6 Å². The third kappa shape index (κ3) is 5.61. The fourth-order valence-electron chi connectivity index (χ4n) is 4.28. The average Bonchev–Trinajstić information content (AvgIpc) is 2.61. The molecule has 2 atom stereocenters. The molecule has 1 aromatic rings. The fraction of sp³-hybridized carbons (Fsp3) is 0.682. The van der Waals surface area contributed by atoms with Crippen LogP contribution in [0.1, 0.15) is 70.0 Å². The second-order valence-corrected chi connectivity index (χ2v) is 8.37. The summed E-state index contributed by atoms with van der Waals surface area (Å²) in [6, 6.07) is 9.55. The number of nitrogens with zero attached hydrogens (tertiary/aromatic N) is 1. The van der Waals surface area contributed by atoms with Crippen LogP contribution in [-0.2, 0) is 6.42 Å². The summed E-state index contributed by atoms with van der Waals surface area (Å²) in [6.45, 7) is 10.3. The summed E-state index contributed by atoms with van der Waals surface area (Å²) in [4.78, 5) is 0. The first-order valence-electron chi connectivity index (χ1n) is 10.3. The van der Waals surface area contributed by atoms with E-state index < -0.39 is 0 Å². The maximum atomic E-state index is 3.71. The van der Waals surface area contributed by atoms with Gasteiger partial charge in [0.1, 0.15) is 6.04 Å².